The third-order valence-corrected chi connectivity index (χ3v) is 3.67. The highest BCUT2D eigenvalue weighted by Gasteiger charge is 2.28. The number of aromatic nitrogens is 3. The highest BCUT2D eigenvalue weighted by atomic mass is 16.5. The number of primary amides is 1. The van der Waals surface area contributed by atoms with Crippen molar-refractivity contribution in [2.45, 2.75) is 31.8 Å². The average Bonchev–Trinajstić information content (AvgIpc) is 2.97. The van der Waals surface area contributed by atoms with Crippen LogP contribution >= 0.6 is 0 Å². The van der Waals surface area contributed by atoms with Gasteiger partial charge in [0.25, 0.3) is 0 Å². The van der Waals surface area contributed by atoms with E-state index < -0.39 is 0 Å². The van der Waals surface area contributed by atoms with Gasteiger partial charge in [-0.25, -0.2) is 0 Å². The second-order valence-corrected chi connectivity index (χ2v) is 5.14. The summed E-state index contributed by atoms with van der Waals surface area (Å²) < 4.78 is 5.27. The molecule has 1 unspecified atom stereocenters. The van der Waals surface area contributed by atoms with Crippen LogP contribution in [0.5, 0.6) is 0 Å². The third kappa shape index (κ3) is 3.08. The molecule has 21 heavy (non-hydrogen) atoms. The van der Waals surface area contributed by atoms with Crippen molar-refractivity contribution < 1.29 is 9.32 Å². The first-order valence-corrected chi connectivity index (χ1v) is 7.00. The number of rotatable bonds is 4. The van der Waals surface area contributed by atoms with E-state index in [2.05, 4.69) is 15.1 Å². The second-order valence-electron chi connectivity index (χ2n) is 5.14. The third-order valence-electron chi connectivity index (χ3n) is 3.67. The molecule has 2 aromatic heterocycles. The quantitative estimate of drug-likeness (QED) is 0.899. The van der Waals surface area contributed by atoms with Crippen LogP contribution in [0.4, 0.5) is 0 Å². The monoisotopic (exact) mass is 287 g/mol. The van der Waals surface area contributed by atoms with E-state index in [1.54, 1.807) is 12.4 Å². The van der Waals surface area contributed by atoms with E-state index in [1.165, 1.54) is 0 Å². The molecule has 1 amide bonds. The molecule has 3 rings (SSSR count). The molecule has 1 atom stereocenters. The molecule has 7 heteroatoms. The predicted molar refractivity (Wildman–Crippen MR) is 74.8 cm³/mol. The van der Waals surface area contributed by atoms with E-state index in [4.69, 9.17) is 10.3 Å². The molecule has 1 aliphatic heterocycles. The van der Waals surface area contributed by atoms with Gasteiger partial charge >= 0.3 is 0 Å². The van der Waals surface area contributed by atoms with E-state index in [0.717, 1.165) is 31.4 Å². The first kappa shape index (κ1) is 13.7. The predicted octanol–water partition coefficient (Wildman–Crippen LogP) is 0.971. The van der Waals surface area contributed by atoms with Crippen LogP contribution in [0.3, 0.4) is 0 Å². The van der Waals surface area contributed by atoms with Gasteiger partial charge in [-0.05, 0) is 31.5 Å². The smallest absolute Gasteiger partial charge is 0.241 e. The van der Waals surface area contributed by atoms with Crippen LogP contribution in [0.15, 0.2) is 29.0 Å². The van der Waals surface area contributed by atoms with Crippen molar-refractivity contribution >= 4 is 5.91 Å². The molecule has 110 valence electrons. The molecule has 0 saturated carbocycles. The maximum absolute atomic E-state index is 11.5. The summed E-state index contributed by atoms with van der Waals surface area (Å²) >= 11 is 0. The van der Waals surface area contributed by atoms with Crippen LogP contribution in [0, 0.1) is 0 Å². The average molecular weight is 287 g/mol. The lowest BCUT2D eigenvalue weighted by Gasteiger charge is -2.32. The van der Waals surface area contributed by atoms with Crippen molar-refractivity contribution in [3.8, 4) is 11.4 Å². The molecule has 0 bridgehead atoms. The van der Waals surface area contributed by atoms with Crippen LogP contribution in [0.1, 0.15) is 25.2 Å². The number of nitrogens with two attached hydrogens (primary N) is 1. The molecule has 0 aliphatic carbocycles. The van der Waals surface area contributed by atoms with Gasteiger partial charge in [0.2, 0.25) is 17.6 Å². The summed E-state index contributed by atoms with van der Waals surface area (Å²) in [7, 11) is 0. The Morgan fingerprint density at radius 2 is 2.38 bits per heavy atom. The minimum atomic E-state index is -0.290. The lowest BCUT2D eigenvalue weighted by atomic mass is 10.0. The summed E-state index contributed by atoms with van der Waals surface area (Å²) in [6, 6.07) is 3.45. The van der Waals surface area contributed by atoms with Crippen LogP contribution in [-0.4, -0.2) is 38.5 Å². The maximum atomic E-state index is 11.5. The minimum Gasteiger partial charge on any atom is -0.368 e. The molecule has 2 N–H and O–H groups in total. The number of hydrogen-bond acceptors (Lipinski definition) is 6. The van der Waals surface area contributed by atoms with Crippen LogP contribution in [0.2, 0.25) is 0 Å². The Kier molecular flexibility index (Phi) is 3.92. The summed E-state index contributed by atoms with van der Waals surface area (Å²) in [5, 5.41) is 3.95. The van der Waals surface area contributed by atoms with Gasteiger partial charge in [0.15, 0.2) is 0 Å². The maximum Gasteiger partial charge on any atom is 0.241 e. The molecule has 0 radical (unpaired) electrons. The lowest BCUT2D eigenvalue weighted by molar-refractivity contribution is -0.124. The van der Waals surface area contributed by atoms with E-state index in [0.29, 0.717) is 18.3 Å². The molecular formula is C14H17N5O2. The zero-order chi connectivity index (χ0) is 14.7. The van der Waals surface area contributed by atoms with Gasteiger partial charge in [-0.15, -0.1) is 0 Å². The summed E-state index contributed by atoms with van der Waals surface area (Å²) in [6.45, 7) is 1.26. The van der Waals surface area contributed by atoms with Crippen molar-refractivity contribution in [3.05, 3.63) is 30.4 Å². The highest BCUT2D eigenvalue weighted by Crippen LogP contribution is 2.20. The molecule has 0 aromatic carbocycles. The standard InChI is InChI=1S/C14H17N5O2/c15-13(20)11-5-1-2-7-19(11)9-12-17-14(18-21-12)10-4-3-6-16-8-10/h3-4,6,8,11H,1-2,5,7,9H2,(H2,15,20). The molecule has 1 saturated heterocycles. The van der Waals surface area contributed by atoms with Crippen molar-refractivity contribution in [3.63, 3.8) is 0 Å². The fourth-order valence-corrected chi connectivity index (χ4v) is 2.61. The normalized spacial score (nSPS) is 19.5. The van der Waals surface area contributed by atoms with Crippen LogP contribution in [0.25, 0.3) is 11.4 Å². The minimum absolute atomic E-state index is 0.243. The zero-order valence-corrected chi connectivity index (χ0v) is 11.6. The Hall–Kier alpha value is -2.28. The van der Waals surface area contributed by atoms with Gasteiger partial charge in [-0.2, -0.15) is 4.98 Å². The van der Waals surface area contributed by atoms with Gasteiger partial charge in [0.05, 0.1) is 12.6 Å². The van der Waals surface area contributed by atoms with E-state index in [1.807, 2.05) is 17.0 Å². The zero-order valence-electron chi connectivity index (χ0n) is 11.6. The van der Waals surface area contributed by atoms with E-state index >= 15 is 0 Å². The SMILES string of the molecule is NC(=O)C1CCCCN1Cc1nc(-c2cccnc2)no1. The van der Waals surface area contributed by atoms with Crippen LogP contribution < -0.4 is 5.73 Å². The lowest BCUT2D eigenvalue weighted by Crippen LogP contribution is -2.47. The number of pyridine rings is 1. The molecule has 0 spiro atoms. The first-order chi connectivity index (χ1) is 10.2. The van der Waals surface area contributed by atoms with Gasteiger partial charge in [-0.3, -0.25) is 14.7 Å². The molecule has 7 nitrogen and oxygen atoms in total. The van der Waals surface area contributed by atoms with Gasteiger partial charge in [0.1, 0.15) is 0 Å². The van der Waals surface area contributed by atoms with Crippen molar-refractivity contribution in [1.82, 2.24) is 20.0 Å². The fraction of sp³-hybridized carbons (Fsp3) is 0.429. The number of carbonyl (C=O) groups excluding carboxylic acids is 1. The number of piperidine rings is 1. The largest absolute Gasteiger partial charge is 0.368 e. The second kappa shape index (κ2) is 6.01. The number of amides is 1. The Balaban J connectivity index is 1.73. The highest BCUT2D eigenvalue weighted by molar-refractivity contribution is 5.79. The summed E-state index contributed by atoms with van der Waals surface area (Å²) in [5.41, 5.74) is 6.26. The molecule has 1 aliphatic rings. The molecule has 2 aromatic rings. The number of nitrogens with zero attached hydrogens (tertiary/aromatic N) is 4. The summed E-state index contributed by atoms with van der Waals surface area (Å²) in [6.07, 6.45) is 6.23. The molecule has 1 fully saturated rings. The molecule has 3 heterocycles. The first-order valence-electron chi connectivity index (χ1n) is 7.00. The summed E-state index contributed by atoms with van der Waals surface area (Å²) in [5.74, 6) is 0.703. The van der Waals surface area contributed by atoms with Crippen LogP contribution in [-0.2, 0) is 11.3 Å². The summed E-state index contributed by atoms with van der Waals surface area (Å²) in [4.78, 5) is 21.9. The van der Waals surface area contributed by atoms with E-state index in [-0.39, 0.29) is 11.9 Å². The Labute approximate surface area is 122 Å². The molecular weight excluding hydrogens is 270 g/mol. The van der Waals surface area contributed by atoms with Gasteiger partial charge < -0.3 is 10.3 Å². The Morgan fingerprint density at radius 1 is 1.48 bits per heavy atom. The van der Waals surface area contributed by atoms with Crippen molar-refractivity contribution in [2.75, 3.05) is 6.54 Å². The Morgan fingerprint density at radius 3 is 3.14 bits per heavy atom. The number of likely N-dealkylation sites (tertiary alicyclic amines) is 1. The Bertz CT molecular complexity index is 613. The topological polar surface area (TPSA) is 98.1 Å². The van der Waals surface area contributed by atoms with E-state index in [9.17, 15) is 4.79 Å². The van der Waals surface area contributed by atoms with Crippen molar-refractivity contribution in [2.24, 2.45) is 5.73 Å². The van der Waals surface area contributed by atoms with Gasteiger partial charge in [-0.1, -0.05) is 11.6 Å². The number of hydrogen-bond donors (Lipinski definition) is 1. The number of carbonyl (C=O) groups is 1. The fourth-order valence-electron chi connectivity index (χ4n) is 2.61. The van der Waals surface area contributed by atoms with Crippen molar-refractivity contribution in [1.29, 1.82) is 0 Å². The van der Waals surface area contributed by atoms with Gasteiger partial charge in [0, 0.05) is 18.0 Å².